The number of benzene rings is 11. The molecule has 0 spiro atoms. The molecule has 0 aliphatic heterocycles. The normalized spacial score (nSPS) is 11.7. The van der Waals surface area contributed by atoms with Gasteiger partial charge in [0.15, 0.2) is 5.58 Å². The number of hydrogen-bond donors (Lipinski definition) is 0. The van der Waals surface area contributed by atoms with Crippen molar-refractivity contribution in [2.75, 3.05) is 4.90 Å². The molecule has 1 heterocycles. The van der Waals surface area contributed by atoms with Crippen LogP contribution in [0.5, 0.6) is 0 Å². The second kappa shape index (κ2) is 13.9. The van der Waals surface area contributed by atoms with E-state index in [9.17, 15) is 0 Å². The second-order valence-corrected chi connectivity index (χ2v) is 15.6. The zero-order valence-electron chi connectivity index (χ0n) is 32.7. The molecule has 1 aromatic heterocycles. The number of nitrogens with zero attached hydrogens (tertiary/aromatic N) is 1. The third-order valence-corrected chi connectivity index (χ3v) is 12.2. The summed E-state index contributed by atoms with van der Waals surface area (Å²) in [6.07, 6.45) is 0. The van der Waals surface area contributed by atoms with E-state index >= 15 is 0 Å². The smallest absolute Gasteiger partial charge is 0.159 e. The molecule has 280 valence electrons. The Hall–Kier alpha value is -7.94. The second-order valence-electron chi connectivity index (χ2n) is 15.6. The lowest BCUT2D eigenvalue weighted by Crippen LogP contribution is -2.10. The van der Waals surface area contributed by atoms with Crippen molar-refractivity contribution >= 4 is 82.1 Å². The van der Waals surface area contributed by atoms with Crippen LogP contribution in [0.15, 0.2) is 229 Å². The van der Waals surface area contributed by atoms with Gasteiger partial charge < -0.3 is 9.32 Å². The highest BCUT2D eigenvalue weighted by Gasteiger charge is 2.23. The lowest BCUT2D eigenvalue weighted by atomic mass is 9.85. The van der Waals surface area contributed by atoms with Gasteiger partial charge in [-0.1, -0.05) is 182 Å². The van der Waals surface area contributed by atoms with Gasteiger partial charge in [0.25, 0.3) is 0 Å². The Kier molecular flexibility index (Phi) is 7.89. The number of fused-ring (bicyclic) bond motifs is 9. The largest absolute Gasteiger partial charge is 0.453 e. The molecular weight excluding hydrogens is 727 g/mol. The summed E-state index contributed by atoms with van der Waals surface area (Å²) in [5, 5.41) is 11.8. The molecule has 0 N–H and O–H groups in total. The van der Waals surface area contributed by atoms with Crippen molar-refractivity contribution in [3.05, 3.63) is 224 Å². The van der Waals surface area contributed by atoms with Crippen molar-refractivity contribution in [1.82, 2.24) is 0 Å². The number of anilines is 3. The fraction of sp³-hybridized carbons (Fsp3) is 0. The van der Waals surface area contributed by atoms with Gasteiger partial charge in [0.05, 0.1) is 5.69 Å². The minimum Gasteiger partial charge on any atom is -0.453 e. The van der Waals surface area contributed by atoms with Crippen molar-refractivity contribution in [3.63, 3.8) is 0 Å². The van der Waals surface area contributed by atoms with E-state index in [4.69, 9.17) is 4.42 Å². The number of rotatable bonds is 6. The van der Waals surface area contributed by atoms with Crippen LogP contribution in [0.4, 0.5) is 17.1 Å². The lowest BCUT2D eigenvalue weighted by molar-refractivity contribution is 0.673. The van der Waals surface area contributed by atoms with Crippen molar-refractivity contribution in [2.45, 2.75) is 0 Å². The van der Waals surface area contributed by atoms with Crippen LogP contribution in [-0.2, 0) is 0 Å². The van der Waals surface area contributed by atoms with Crippen molar-refractivity contribution in [1.29, 1.82) is 0 Å². The molecule has 0 atom stereocenters. The molecule has 0 saturated heterocycles. The summed E-state index contributed by atoms with van der Waals surface area (Å²) in [5.41, 5.74) is 12.0. The quantitative estimate of drug-likeness (QED) is 0.157. The SMILES string of the molecule is c1ccc(-c2c(-c3ccccc3)c3cc(N(c4cccc(-c5ccc6ccccc6c5)c4)c4cccc5c4oc4c6ccccc6ccc54)ccc3c3ccccc23)cc1. The fourth-order valence-corrected chi connectivity index (χ4v) is 9.44. The van der Waals surface area contributed by atoms with Crippen LogP contribution in [0, 0.1) is 0 Å². The Balaban J connectivity index is 1.16. The molecule has 11 aromatic carbocycles. The topological polar surface area (TPSA) is 16.4 Å². The van der Waals surface area contributed by atoms with E-state index in [-0.39, 0.29) is 0 Å². The molecule has 0 fully saturated rings. The average Bonchev–Trinajstić information content (AvgIpc) is 3.72. The molecule has 12 aromatic rings. The monoisotopic (exact) mass is 763 g/mol. The third kappa shape index (κ3) is 5.50. The van der Waals surface area contributed by atoms with E-state index in [1.54, 1.807) is 0 Å². The molecule has 0 aliphatic rings. The van der Waals surface area contributed by atoms with Gasteiger partial charge in [-0.2, -0.15) is 0 Å². The molecule has 2 nitrogen and oxygen atoms in total. The average molecular weight is 764 g/mol. The van der Waals surface area contributed by atoms with Crippen LogP contribution in [0.25, 0.3) is 98.4 Å². The summed E-state index contributed by atoms with van der Waals surface area (Å²) in [7, 11) is 0. The van der Waals surface area contributed by atoms with Crippen LogP contribution in [-0.4, -0.2) is 0 Å². The van der Waals surface area contributed by atoms with Gasteiger partial charge in [-0.25, -0.2) is 0 Å². The van der Waals surface area contributed by atoms with Gasteiger partial charge in [0, 0.05) is 27.5 Å². The van der Waals surface area contributed by atoms with Crippen LogP contribution in [0.3, 0.4) is 0 Å². The summed E-state index contributed by atoms with van der Waals surface area (Å²) >= 11 is 0. The number of furan rings is 1. The maximum Gasteiger partial charge on any atom is 0.159 e. The van der Waals surface area contributed by atoms with Gasteiger partial charge in [0.2, 0.25) is 0 Å². The first-order valence-electron chi connectivity index (χ1n) is 20.6. The van der Waals surface area contributed by atoms with Crippen LogP contribution < -0.4 is 4.90 Å². The first-order chi connectivity index (χ1) is 29.8. The summed E-state index contributed by atoms with van der Waals surface area (Å²) in [5.74, 6) is 0. The highest BCUT2D eigenvalue weighted by atomic mass is 16.3. The minimum absolute atomic E-state index is 0.854. The molecule has 12 rings (SSSR count). The van der Waals surface area contributed by atoms with E-state index in [2.05, 4.69) is 229 Å². The Morgan fingerprint density at radius 1 is 0.267 bits per heavy atom. The molecule has 0 bridgehead atoms. The standard InChI is InChI=1S/C58H37NO/c1-3-17-40(18-4-1)55-50-26-12-11-25-48(50)49-34-32-46(37-53(49)56(55)41-19-5-2-6-20-41)59(45-23-13-22-43(36-45)44-30-29-38-15-7-8-21-42(38)35-44)54-28-14-27-51-52-33-31-39-16-9-10-24-47(39)57(52)60-58(51)54/h1-37H. The Labute approximate surface area is 347 Å². The summed E-state index contributed by atoms with van der Waals surface area (Å²) in [4.78, 5) is 2.39. The minimum atomic E-state index is 0.854. The van der Waals surface area contributed by atoms with E-state index < -0.39 is 0 Å². The Morgan fingerprint density at radius 3 is 1.60 bits per heavy atom. The fourth-order valence-electron chi connectivity index (χ4n) is 9.44. The van der Waals surface area contributed by atoms with Crippen LogP contribution >= 0.6 is 0 Å². The molecular formula is C58H37NO. The van der Waals surface area contributed by atoms with E-state index in [0.717, 1.165) is 55.3 Å². The molecule has 2 heteroatoms. The predicted molar refractivity (Wildman–Crippen MR) is 255 cm³/mol. The predicted octanol–water partition coefficient (Wildman–Crippen LogP) is 16.7. The Morgan fingerprint density at radius 2 is 0.800 bits per heavy atom. The van der Waals surface area contributed by atoms with Crippen LogP contribution in [0.1, 0.15) is 0 Å². The van der Waals surface area contributed by atoms with Gasteiger partial charge in [-0.15, -0.1) is 0 Å². The van der Waals surface area contributed by atoms with Crippen molar-refractivity contribution in [3.8, 4) is 33.4 Å². The van der Waals surface area contributed by atoms with E-state index in [1.165, 1.54) is 60.1 Å². The molecule has 0 radical (unpaired) electrons. The summed E-state index contributed by atoms with van der Waals surface area (Å²) in [6, 6.07) is 81.3. The zero-order valence-corrected chi connectivity index (χ0v) is 32.7. The number of hydrogen-bond acceptors (Lipinski definition) is 2. The van der Waals surface area contributed by atoms with Gasteiger partial charge in [-0.05, 0) is 114 Å². The first kappa shape index (κ1) is 34.1. The van der Waals surface area contributed by atoms with Crippen LogP contribution in [0.2, 0.25) is 0 Å². The first-order valence-corrected chi connectivity index (χ1v) is 20.6. The third-order valence-electron chi connectivity index (χ3n) is 12.2. The zero-order chi connectivity index (χ0) is 39.6. The van der Waals surface area contributed by atoms with Gasteiger partial charge in [0.1, 0.15) is 5.58 Å². The van der Waals surface area contributed by atoms with Gasteiger partial charge in [-0.3, -0.25) is 0 Å². The van der Waals surface area contributed by atoms with E-state index in [1.807, 2.05) is 0 Å². The maximum absolute atomic E-state index is 7.06. The van der Waals surface area contributed by atoms with Crippen molar-refractivity contribution < 1.29 is 4.42 Å². The lowest BCUT2D eigenvalue weighted by Gasteiger charge is -2.27. The molecule has 0 unspecified atom stereocenters. The summed E-state index contributed by atoms with van der Waals surface area (Å²) < 4.78 is 7.06. The molecule has 0 aliphatic carbocycles. The summed E-state index contributed by atoms with van der Waals surface area (Å²) in [6.45, 7) is 0. The van der Waals surface area contributed by atoms with E-state index in [0.29, 0.717) is 0 Å². The van der Waals surface area contributed by atoms with Crippen molar-refractivity contribution in [2.24, 2.45) is 0 Å². The van der Waals surface area contributed by atoms with Gasteiger partial charge >= 0.3 is 0 Å². The number of para-hydroxylation sites is 1. The Bertz CT molecular complexity index is 3600. The maximum atomic E-state index is 7.06. The molecule has 0 amide bonds. The highest BCUT2D eigenvalue weighted by Crippen LogP contribution is 2.49. The molecule has 60 heavy (non-hydrogen) atoms. The molecule has 0 saturated carbocycles. The highest BCUT2D eigenvalue weighted by molar-refractivity contribution is 6.23.